The number of nitrogens with zero attached hydrogens (tertiary/aromatic N) is 1. The lowest BCUT2D eigenvalue weighted by atomic mass is 9.98. The van der Waals surface area contributed by atoms with Crippen LogP contribution in [0.3, 0.4) is 0 Å². The topological polar surface area (TPSA) is 66.5 Å². The maximum absolute atomic E-state index is 13.3. The van der Waals surface area contributed by atoms with Gasteiger partial charge in [-0.1, -0.05) is 60.7 Å². The number of nitrogens with one attached hydrogen (secondary N) is 1. The molecule has 1 fully saturated rings. The molecule has 4 rings (SSSR count). The van der Waals surface area contributed by atoms with E-state index in [2.05, 4.69) is 21.2 Å². The van der Waals surface area contributed by atoms with E-state index in [1.165, 1.54) is 10.4 Å². The number of benzene rings is 3. The predicted molar refractivity (Wildman–Crippen MR) is 124 cm³/mol. The van der Waals surface area contributed by atoms with E-state index in [-0.39, 0.29) is 22.4 Å². The maximum atomic E-state index is 13.3. The average Bonchev–Trinajstić information content (AvgIpc) is 3.35. The molecule has 0 aromatic heterocycles. The number of hydrogen-bond acceptors (Lipinski definition) is 3. The number of amides is 1. The van der Waals surface area contributed by atoms with Gasteiger partial charge < -0.3 is 5.32 Å². The van der Waals surface area contributed by atoms with Gasteiger partial charge in [0.2, 0.25) is 10.0 Å². The molecule has 1 amide bonds. The fourth-order valence-electron chi connectivity index (χ4n) is 3.78. The molecule has 3 aromatic rings. The van der Waals surface area contributed by atoms with E-state index in [1.807, 2.05) is 60.7 Å². The van der Waals surface area contributed by atoms with Gasteiger partial charge in [0.1, 0.15) is 0 Å². The molecule has 0 aliphatic carbocycles. The number of halogens is 1. The molecule has 1 saturated heterocycles. The first-order chi connectivity index (χ1) is 15.0. The lowest BCUT2D eigenvalue weighted by molar-refractivity contribution is 0.0942. The summed E-state index contributed by atoms with van der Waals surface area (Å²) >= 11 is 3.41. The molecule has 1 aliphatic rings. The average molecular weight is 499 g/mol. The van der Waals surface area contributed by atoms with Crippen molar-refractivity contribution in [1.82, 2.24) is 9.62 Å². The van der Waals surface area contributed by atoms with Crippen molar-refractivity contribution in [3.63, 3.8) is 0 Å². The molecule has 0 bridgehead atoms. The van der Waals surface area contributed by atoms with Crippen molar-refractivity contribution in [3.8, 4) is 0 Å². The first kappa shape index (κ1) is 21.7. The predicted octanol–water partition coefficient (Wildman–Crippen LogP) is 4.75. The third kappa shape index (κ3) is 4.74. The zero-order valence-corrected chi connectivity index (χ0v) is 19.3. The molecule has 1 heterocycles. The van der Waals surface area contributed by atoms with Gasteiger partial charge in [-0.25, -0.2) is 8.42 Å². The highest BCUT2D eigenvalue weighted by Gasteiger charge is 2.28. The van der Waals surface area contributed by atoms with Crippen molar-refractivity contribution in [2.75, 3.05) is 13.1 Å². The molecule has 7 heteroatoms. The fourth-order valence-corrected chi connectivity index (χ4v) is 5.75. The van der Waals surface area contributed by atoms with Gasteiger partial charge in [0.05, 0.1) is 16.5 Å². The normalized spacial score (nSPS) is 14.6. The van der Waals surface area contributed by atoms with Gasteiger partial charge in [-0.05, 0) is 58.1 Å². The van der Waals surface area contributed by atoms with E-state index in [4.69, 9.17) is 0 Å². The summed E-state index contributed by atoms with van der Waals surface area (Å²) in [6.07, 6.45) is 1.72. The van der Waals surface area contributed by atoms with E-state index in [0.717, 1.165) is 24.0 Å². The molecule has 5 nitrogen and oxygen atoms in total. The Balaban J connectivity index is 1.67. The number of carbonyl (C=O) groups excluding carboxylic acids is 1. The van der Waals surface area contributed by atoms with Crippen LogP contribution in [0.2, 0.25) is 0 Å². The second-order valence-electron chi connectivity index (χ2n) is 7.48. The Labute approximate surface area is 191 Å². The first-order valence-corrected chi connectivity index (χ1v) is 12.4. The summed E-state index contributed by atoms with van der Waals surface area (Å²) in [5, 5.41) is 3.08. The molecule has 0 radical (unpaired) electrons. The zero-order valence-electron chi connectivity index (χ0n) is 16.9. The summed E-state index contributed by atoms with van der Waals surface area (Å²) in [6, 6.07) is 23.7. The van der Waals surface area contributed by atoms with Crippen LogP contribution in [0.1, 0.15) is 40.4 Å². The minimum atomic E-state index is -3.61. The molecule has 3 aromatic carbocycles. The van der Waals surface area contributed by atoms with Gasteiger partial charge in [0.15, 0.2) is 0 Å². The van der Waals surface area contributed by atoms with Crippen LogP contribution in [0.15, 0.2) is 88.2 Å². The van der Waals surface area contributed by atoms with Gasteiger partial charge in [0.25, 0.3) is 5.91 Å². The van der Waals surface area contributed by atoms with E-state index in [9.17, 15) is 13.2 Å². The molecule has 31 heavy (non-hydrogen) atoms. The van der Waals surface area contributed by atoms with Crippen molar-refractivity contribution in [3.05, 3.63) is 100 Å². The number of carbonyl (C=O) groups is 1. The number of sulfonamides is 1. The van der Waals surface area contributed by atoms with Gasteiger partial charge in [0, 0.05) is 17.6 Å². The highest BCUT2D eigenvalue weighted by Crippen LogP contribution is 2.27. The fraction of sp³-hybridized carbons (Fsp3) is 0.208. The van der Waals surface area contributed by atoms with Crippen LogP contribution in [-0.4, -0.2) is 31.7 Å². The van der Waals surface area contributed by atoms with Gasteiger partial charge >= 0.3 is 0 Å². The van der Waals surface area contributed by atoms with Crippen LogP contribution >= 0.6 is 15.9 Å². The van der Waals surface area contributed by atoms with Crippen LogP contribution < -0.4 is 5.32 Å². The Hall–Kier alpha value is -2.48. The molecule has 0 spiro atoms. The molecule has 1 aliphatic heterocycles. The Bertz CT molecular complexity index is 1120. The van der Waals surface area contributed by atoms with Gasteiger partial charge in [-0.2, -0.15) is 4.31 Å². The summed E-state index contributed by atoms with van der Waals surface area (Å²) in [7, 11) is -3.61. The smallest absolute Gasteiger partial charge is 0.253 e. The summed E-state index contributed by atoms with van der Waals surface area (Å²) in [4.78, 5) is 13.4. The second kappa shape index (κ2) is 9.34. The monoisotopic (exact) mass is 498 g/mol. The maximum Gasteiger partial charge on any atom is 0.253 e. The second-order valence-corrected chi connectivity index (χ2v) is 10.3. The van der Waals surface area contributed by atoms with E-state index in [1.54, 1.807) is 12.1 Å². The summed E-state index contributed by atoms with van der Waals surface area (Å²) in [6.45, 7) is 1.04. The van der Waals surface area contributed by atoms with Crippen molar-refractivity contribution in [2.45, 2.75) is 23.8 Å². The summed E-state index contributed by atoms with van der Waals surface area (Å²) < 4.78 is 28.0. The van der Waals surface area contributed by atoms with Gasteiger partial charge in [-0.15, -0.1) is 0 Å². The quantitative estimate of drug-likeness (QED) is 0.532. The SMILES string of the molecule is O=C(NC(c1ccccc1)c1ccccc1)c1cc(S(=O)(=O)N2CCCC2)ccc1Br. The Morgan fingerprint density at radius 3 is 1.97 bits per heavy atom. The van der Waals surface area contributed by atoms with Crippen molar-refractivity contribution in [2.24, 2.45) is 0 Å². The first-order valence-electron chi connectivity index (χ1n) is 10.2. The van der Waals surface area contributed by atoms with Crippen molar-refractivity contribution in [1.29, 1.82) is 0 Å². The van der Waals surface area contributed by atoms with Crippen molar-refractivity contribution >= 4 is 31.9 Å². The third-order valence-corrected chi connectivity index (χ3v) is 8.01. The van der Waals surface area contributed by atoms with Crippen molar-refractivity contribution < 1.29 is 13.2 Å². The van der Waals surface area contributed by atoms with E-state index < -0.39 is 10.0 Å². The zero-order chi connectivity index (χ0) is 21.8. The minimum Gasteiger partial charge on any atom is -0.341 e. The minimum absolute atomic E-state index is 0.138. The Morgan fingerprint density at radius 1 is 0.871 bits per heavy atom. The lowest BCUT2D eigenvalue weighted by Crippen LogP contribution is -2.31. The highest BCUT2D eigenvalue weighted by molar-refractivity contribution is 9.10. The highest BCUT2D eigenvalue weighted by atomic mass is 79.9. The Morgan fingerprint density at radius 2 is 1.42 bits per heavy atom. The lowest BCUT2D eigenvalue weighted by Gasteiger charge is -2.21. The largest absolute Gasteiger partial charge is 0.341 e. The molecule has 1 N–H and O–H groups in total. The van der Waals surface area contributed by atoms with Crippen LogP contribution in [0.25, 0.3) is 0 Å². The molecular weight excluding hydrogens is 476 g/mol. The Kier molecular flexibility index (Phi) is 6.55. The van der Waals surface area contributed by atoms with Gasteiger partial charge in [-0.3, -0.25) is 4.79 Å². The molecule has 0 saturated carbocycles. The molecular formula is C24H23BrN2O3S. The number of rotatable bonds is 6. The summed E-state index contributed by atoms with van der Waals surface area (Å²) in [5.74, 6) is -0.344. The molecule has 160 valence electrons. The van der Waals surface area contributed by atoms with Crippen LogP contribution in [0.5, 0.6) is 0 Å². The standard InChI is InChI=1S/C24H23BrN2O3S/c25-22-14-13-20(31(29,30)27-15-7-8-16-27)17-21(22)24(28)26-23(18-9-3-1-4-10-18)19-11-5-2-6-12-19/h1-6,9-14,17,23H,7-8,15-16H2,(H,26,28). The third-order valence-electron chi connectivity index (χ3n) is 5.43. The number of hydrogen-bond donors (Lipinski definition) is 1. The molecule has 0 unspecified atom stereocenters. The van der Waals surface area contributed by atoms with E-state index in [0.29, 0.717) is 17.6 Å². The van der Waals surface area contributed by atoms with Crippen LogP contribution in [0.4, 0.5) is 0 Å². The molecule has 0 atom stereocenters. The van der Waals surface area contributed by atoms with Crippen LogP contribution in [-0.2, 0) is 10.0 Å². The summed E-state index contributed by atoms with van der Waals surface area (Å²) in [5.41, 5.74) is 2.18. The van der Waals surface area contributed by atoms with Crippen LogP contribution in [0, 0.1) is 0 Å². The van der Waals surface area contributed by atoms with E-state index >= 15 is 0 Å².